The zero-order valence-corrected chi connectivity index (χ0v) is 11.7. The Morgan fingerprint density at radius 3 is 2.35 bits per heavy atom. The number of halogens is 3. The van der Waals surface area contributed by atoms with Gasteiger partial charge in [0.2, 0.25) is 0 Å². The molecular weight excluding hydrogens is 325 g/mol. The second-order valence-electron chi connectivity index (χ2n) is 3.88. The zero-order chi connectivity index (χ0) is 15.6. The number of hydrogen-bond donors (Lipinski definition) is 0. The van der Waals surface area contributed by atoms with Crippen molar-refractivity contribution in [1.29, 1.82) is 0 Å². The monoisotopic (exact) mass is 336 g/mol. The predicted molar refractivity (Wildman–Crippen MR) is 61.4 cm³/mol. The first-order valence-corrected chi connectivity index (χ1v) is 8.16. The highest BCUT2D eigenvalue weighted by molar-refractivity contribution is 8.00. The molecule has 0 spiro atoms. The molecule has 0 aromatic carbocycles. The molecule has 1 atom stereocenters. The Morgan fingerprint density at radius 2 is 1.90 bits per heavy atom. The minimum atomic E-state index is -6.16. The highest BCUT2D eigenvalue weighted by Crippen LogP contribution is 2.26. The fraction of sp³-hybridized carbons (Fsp3) is 0.625. The van der Waals surface area contributed by atoms with Crippen LogP contribution in [0.1, 0.15) is 19.4 Å². The van der Waals surface area contributed by atoms with Gasteiger partial charge in [0.15, 0.2) is 0 Å². The molecule has 1 heterocycles. The molecule has 116 valence electrons. The third-order valence-corrected chi connectivity index (χ3v) is 5.14. The maximum atomic E-state index is 12.0. The van der Waals surface area contributed by atoms with Gasteiger partial charge in [0.05, 0.1) is 12.1 Å². The van der Waals surface area contributed by atoms with E-state index in [1.165, 1.54) is 23.3 Å². The van der Waals surface area contributed by atoms with E-state index < -0.39 is 37.5 Å². The Morgan fingerprint density at radius 1 is 1.30 bits per heavy atom. The summed E-state index contributed by atoms with van der Waals surface area (Å²) in [6.07, 6.45) is 4.23. The number of imidazole rings is 1. The summed E-state index contributed by atoms with van der Waals surface area (Å²) in [4.78, 5) is 3.72. The molecule has 0 fully saturated rings. The summed E-state index contributed by atoms with van der Waals surface area (Å²) in [6.45, 7) is 1.59. The van der Waals surface area contributed by atoms with Crippen LogP contribution >= 0.6 is 0 Å². The lowest BCUT2D eigenvalue weighted by Crippen LogP contribution is -2.29. The number of aromatic nitrogens is 2. The van der Waals surface area contributed by atoms with E-state index in [0.29, 0.717) is 0 Å². The topological polar surface area (TPSA) is 95.3 Å². The molecule has 1 aromatic heterocycles. The molecule has 1 aromatic rings. The summed E-state index contributed by atoms with van der Waals surface area (Å²) < 4.78 is 84.4. The van der Waals surface area contributed by atoms with Crippen molar-refractivity contribution in [3.63, 3.8) is 0 Å². The summed E-state index contributed by atoms with van der Waals surface area (Å²) in [6, 6.07) is -0.399. The molecule has 0 N–H and O–H groups in total. The molecule has 0 radical (unpaired) electrons. The fourth-order valence-corrected chi connectivity index (χ4v) is 3.51. The second-order valence-corrected chi connectivity index (χ2v) is 7.32. The van der Waals surface area contributed by atoms with Gasteiger partial charge in [-0.05, 0) is 13.3 Å². The van der Waals surface area contributed by atoms with Gasteiger partial charge in [-0.25, -0.2) is 4.98 Å². The van der Waals surface area contributed by atoms with E-state index in [4.69, 9.17) is 0 Å². The Hall–Kier alpha value is -1.14. The number of nitrogens with zero attached hydrogens (tertiary/aromatic N) is 2. The molecule has 0 amide bonds. The highest BCUT2D eigenvalue weighted by Gasteiger charge is 2.50. The van der Waals surface area contributed by atoms with E-state index in [1.807, 2.05) is 0 Å². The molecule has 1 unspecified atom stereocenters. The molecule has 0 aliphatic heterocycles. The van der Waals surface area contributed by atoms with Crippen LogP contribution in [-0.2, 0) is 23.9 Å². The largest absolute Gasteiger partial charge is 0.524 e. The average Bonchev–Trinajstić information content (AvgIpc) is 2.76. The van der Waals surface area contributed by atoms with E-state index in [0.717, 1.165) is 0 Å². The molecular formula is C8H11F3N2O5S2. The smallest absolute Gasteiger partial charge is 0.335 e. The fourth-order valence-electron chi connectivity index (χ4n) is 1.20. The van der Waals surface area contributed by atoms with Crippen LogP contribution in [0.4, 0.5) is 13.2 Å². The van der Waals surface area contributed by atoms with Gasteiger partial charge in [0.25, 0.3) is 10.1 Å². The standard InChI is InChI=1S/C8H11F3N2O5S2/c1-7(13-4-3-12-6-13)2-5-19(14,15)18-20(16,17)8(9,10)11/h3-4,6-7H,2,5H2,1H3. The van der Waals surface area contributed by atoms with Crippen molar-refractivity contribution in [2.75, 3.05) is 5.75 Å². The zero-order valence-electron chi connectivity index (χ0n) is 10.1. The Bertz CT molecular complexity index is 636. The number of hydrogen-bond acceptors (Lipinski definition) is 6. The molecule has 7 nitrogen and oxygen atoms in total. The van der Waals surface area contributed by atoms with Crippen LogP contribution in [0.2, 0.25) is 0 Å². The van der Waals surface area contributed by atoms with Crippen molar-refractivity contribution in [2.45, 2.75) is 24.9 Å². The third-order valence-electron chi connectivity index (χ3n) is 2.30. The van der Waals surface area contributed by atoms with E-state index in [1.54, 1.807) is 6.92 Å². The quantitative estimate of drug-likeness (QED) is 0.720. The van der Waals surface area contributed by atoms with Crippen LogP contribution < -0.4 is 0 Å². The van der Waals surface area contributed by atoms with Crippen LogP contribution in [-0.4, -0.2) is 37.6 Å². The van der Waals surface area contributed by atoms with Crippen LogP contribution in [0, 0.1) is 0 Å². The minimum Gasteiger partial charge on any atom is -0.335 e. The molecule has 0 aliphatic rings. The summed E-state index contributed by atoms with van der Waals surface area (Å²) in [5, 5.41) is 0. The van der Waals surface area contributed by atoms with E-state index in [2.05, 4.69) is 8.61 Å². The summed E-state index contributed by atoms with van der Waals surface area (Å²) in [5.41, 5.74) is -5.78. The molecule has 0 aliphatic carbocycles. The summed E-state index contributed by atoms with van der Waals surface area (Å²) in [7, 11) is -11.0. The van der Waals surface area contributed by atoms with Crippen LogP contribution in [0.5, 0.6) is 0 Å². The molecule has 0 saturated carbocycles. The van der Waals surface area contributed by atoms with Crippen molar-refractivity contribution < 1.29 is 33.6 Å². The van der Waals surface area contributed by atoms with Crippen molar-refractivity contribution in [3.05, 3.63) is 18.7 Å². The predicted octanol–water partition coefficient (Wildman–Crippen LogP) is 1.03. The van der Waals surface area contributed by atoms with Gasteiger partial charge in [0, 0.05) is 18.4 Å². The first-order chi connectivity index (χ1) is 8.95. The second kappa shape index (κ2) is 5.69. The van der Waals surface area contributed by atoms with Crippen molar-refractivity contribution in [1.82, 2.24) is 9.55 Å². The van der Waals surface area contributed by atoms with Crippen LogP contribution in [0.25, 0.3) is 0 Å². The molecule has 0 saturated heterocycles. The third kappa shape index (κ3) is 4.45. The van der Waals surface area contributed by atoms with Crippen molar-refractivity contribution in [2.24, 2.45) is 0 Å². The first kappa shape index (κ1) is 16.9. The van der Waals surface area contributed by atoms with Gasteiger partial charge in [-0.2, -0.15) is 30.0 Å². The van der Waals surface area contributed by atoms with Crippen molar-refractivity contribution in [3.8, 4) is 0 Å². The Balaban J connectivity index is 2.68. The maximum absolute atomic E-state index is 12.0. The SMILES string of the molecule is CC(CCS(=O)(=O)OS(=O)(=O)C(F)(F)F)n1ccnc1. The highest BCUT2D eigenvalue weighted by atomic mass is 32.3. The van der Waals surface area contributed by atoms with Gasteiger partial charge in [-0.1, -0.05) is 0 Å². The van der Waals surface area contributed by atoms with Gasteiger partial charge < -0.3 is 4.57 Å². The van der Waals surface area contributed by atoms with Gasteiger partial charge >= 0.3 is 15.6 Å². The molecule has 1 rings (SSSR count). The molecule has 0 bridgehead atoms. The van der Waals surface area contributed by atoms with Gasteiger partial charge in [-0.3, -0.25) is 0 Å². The van der Waals surface area contributed by atoms with Gasteiger partial charge in [0.1, 0.15) is 0 Å². The maximum Gasteiger partial charge on any atom is 0.524 e. The number of alkyl halides is 3. The van der Waals surface area contributed by atoms with Crippen molar-refractivity contribution >= 4 is 20.2 Å². The van der Waals surface area contributed by atoms with E-state index in [-0.39, 0.29) is 6.42 Å². The van der Waals surface area contributed by atoms with Crippen LogP contribution in [0.3, 0.4) is 0 Å². The minimum absolute atomic E-state index is 0.133. The van der Waals surface area contributed by atoms with Gasteiger partial charge in [-0.15, -0.1) is 3.63 Å². The normalized spacial score (nSPS) is 15.2. The average molecular weight is 336 g/mol. The van der Waals surface area contributed by atoms with E-state index in [9.17, 15) is 30.0 Å². The number of rotatable bonds is 6. The lowest BCUT2D eigenvalue weighted by atomic mass is 10.2. The summed E-state index contributed by atoms with van der Waals surface area (Å²) in [5.74, 6) is -0.873. The molecule has 12 heteroatoms. The molecule has 20 heavy (non-hydrogen) atoms. The van der Waals surface area contributed by atoms with Crippen LogP contribution in [0.15, 0.2) is 18.7 Å². The Labute approximate surface area is 113 Å². The lowest BCUT2D eigenvalue weighted by molar-refractivity contribution is -0.0498. The first-order valence-electron chi connectivity index (χ1n) is 5.17. The van der Waals surface area contributed by atoms with E-state index >= 15 is 0 Å². The Kier molecular flexibility index (Phi) is 4.82. The summed E-state index contributed by atoms with van der Waals surface area (Å²) >= 11 is 0. The lowest BCUT2D eigenvalue weighted by Gasteiger charge is -2.13.